The smallest absolute Gasteiger partial charge is 0.144 e. The van der Waals surface area contributed by atoms with Crippen molar-refractivity contribution in [3.8, 4) is 0 Å². The van der Waals surface area contributed by atoms with E-state index in [1.807, 2.05) is 20.8 Å². The molecule has 0 N–H and O–H groups in total. The second kappa shape index (κ2) is 4.66. The zero-order valence-corrected chi connectivity index (χ0v) is 9.84. The summed E-state index contributed by atoms with van der Waals surface area (Å²) in [7, 11) is -1.27. The van der Waals surface area contributed by atoms with Crippen LogP contribution in [0.25, 0.3) is 0 Å². The molecule has 0 heterocycles. The van der Waals surface area contributed by atoms with Gasteiger partial charge in [-0.2, -0.15) is 4.40 Å². The molecule has 0 fully saturated rings. The van der Waals surface area contributed by atoms with Crippen LogP contribution < -0.4 is 0 Å². The fourth-order valence-corrected chi connectivity index (χ4v) is 1.35. The first-order chi connectivity index (χ1) is 6.89. The molecule has 0 saturated heterocycles. The van der Waals surface area contributed by atoms with Crippen LogP contribution in [-0.2, 0) is 11.0 Å². The van der Waals surface area contributed by atoms with Crippen LogP contribution in [0.3, 0.4) is 0 Å². The summed E-state index contributed by atoms with van der Waals surface area (Å²) in [5, 5.41) is 0. The maximum absolute atomic E-state index is 12.6. The van der Waals surface area contributed by atoms with Crippen molar-refractivity contribution in [1.82, 2.24) is 0 Å². The molecule has 0 radical (unpaired) electrons. The molecule has 0 aliphatic rings. The molecular formula is C11H14FNOS. The lowest BCUT2D eigenvalue weighted by molar-refractivity contribution is 0.628. The summed E-state index contributed by atoms with van der Waals surface area (Å²) in [5.41, 5.74) is 0.744. The lowest BCUT2D eigenvalue weighted by atomic mass is 10.2. The van der Waals surface area contributed by atoms with Crippen LogP contribution >= 0.6 is 0 Å². The summed E-state index contributed by atoms with van der Waals surface area (Å²) in [6.07, 6.45) is 1.50. The minimum atomic E-state index is -1.27. The van der Waals surface area contributed by atoms with Crippen LogP contribution in [0.2, 0.25) is 0 Å². The Balaban J connectivity index is 2.74. The van der Waals surface area contributed by atoms with Gasteiger partial charge >= 0.3 is 0 Å². The lowest BCUT2D eigenvalue weighted by Crippen LogP contribution is -2.19. The molecule has 0 spiro atoms. The van der Waals surface area contributed by atoms with Crippen molar-refractivity contribution in [2.45, 2.75) is 25.5 Å². The Labute approximate surface area is 91.8 Å². The van der Waals surface area contributed by atoms with Crippen molar-refractivity contribution in [3.05, 3.63) is 35.6 Å². The highest BCUT2D eigenvalue weighted by atomic mass is 32.2. The second-order valence-corrected chi connectivity index (χ2v) is 6.08. The van der Waals surface area contributed by atoms with E-state index >= 15 is 0 Å². The summed E-state index contributed by atoms with van der Waals surface area (Å²) in [5.74, 6) is -0.288. The van der Waals surface area contributed by atoms with E-state index < -0.39 is 11.0 Å². The number of halogens is 1. The molecule has 0 bridgehead atoms. The van der Waals surface area contributed by atoms with Gasteiger partial charge in [0.2, 0.25) is 0 Å². The first-order valence-electron chi connectivity index (χ1n) is 4.61. The SMILES string of the molecule is CC(C)(C)[S@](=O)N=Cc1ccc(F)cc1. The van der Waals surface area contributed by atoms with Gasteiger partial charge in [-0.25, -0.2) is 8.60 Å². The minimum absolute atomic E-state index is 0.288. The van der Waals surface area contributed by atoms with E-state index in [-0.39, 0.29) is 10.6 Å². The molecule has 1 rings (SSSR count). The predicted molar refractivity (Wildman–Crippen MR) is 61.9 cm³/mol. The third-order valence-corrected chi connectivity index (χ3v) is 3.04. The average Bonchev–Trinajstić information content (AvgIpc) is 2.15. The molecule has 82 valence electrons. The molecule has 4 heteroatoms. The summed E-state index contributed by atoms with van der Waals surface area (Å²) < 4.78 is 27.7. The van der Waals surface area contributed by atoms with Gasteiger partial charge in [0.1, 0.15) is 16.8 Å². The maximum Gasteiger partial charge on any atom is 0.144 e. The fraction of sp³-hybridized carbons (Fsp3) is 0.364. The van der Waals surface area contributed by atoms with Gasteiger partial charge in [0, 0.05) is 6.21 Å². The molecule has 0 amide bonds. The van der Waals surface area contributed by atoms with E-state index in [4.69, 9.17) is 0 Å². The molecule has 0 unspecified atom stereocenters. The van der Waals surface area contributed by atoms with E-state index in [0.29, 0.717) is 0 Å². The van der Waals surface area contributed by atoms with E-state index in [2.05, 4.69) is 4.40 Å². The molecule has 2 nitrogen and oxygen atoms in total. The first-order valence-corrected chi connectivity index (χ1v) is 5.72. The van der Waals surface area contributed by atoms with Crippen molar-refractivity contribution in [2.75, 3.05) is 0 Å². The van der Waals surface area contributed by atoms with Gasteiger partial charge in [-0.3, -0.25) is 0 Å². The van der Waals surface area contributed by atoms with Crippen molar-refractivity contribution in [2.24, 2.45) is 4.40 Å². The summed E-state index contributed by atoms with van der Waals surface area (Å²) >= 11 is 0. The average molecular weight is 227 g/mol. The Morgan fingerprint density at radius 2 is 1.80 bits per heavy atom. The molecule has 0 aromatic heterocycles. The van der Waals surface area contributed by atoms with Crippen LogP contribution in [0, 0.1) is 5.82 Å². The molecule has 0 aliphatic heterocycles. The molecule has 1 aromatic rings. The predicted octanol–water partition coefficient (Wildman–Crippen LogP) is 2.71. The Bertz CT molecular complexity index is 379. The van der Waals surface area contributed by atoms with Crippen LogP contribution in [0.1, 0.15) is 26.3 Å². The van der Waals surface area contributed by atoms with E-state index in [1.165, 1.54) is 18.3 Å². The van der Waals surface area contributed by atoms with E-state index in [0.717, 1.165) is 5.56 Å². The summed E-state index contributed by atoms with van der Waals surface area (Å²) in [6, 6.07) is 5.89. The zero-order chi connectivity index (χ0) is 11.5. The molecule has 15 heavy (non-hydrogen) atoms. The number of hydrogen-bond donors (Lipinski definition) is 0. The summed E-state index contributed by atoms with van der Waals surface area (Å²) in [4.78, 5) is 0. The quantitative estimate of drug-likeness (QED) is 0.714. The molecule has 0 aliphatic carbocycles. The van der Waals surface area contributed by atoms with Crippen molar-refractivity contribution in [3.63, 3.8) is 0 Å². The topological polar surface area (TPSA) is 29.4 Å². The van der Waals surface area contributed by atoms with Gasteiger partial charge in [-0.05, 0) is 38.5 Å². The van der Waals surface area contributed by atoms with Gasteiger partial charge in [0.25, 0.3) is 0 Å². The van der Waals surface area contributed by atoms with Crippen LogP contribution in [0.4, 0.5) is 4.39 Å². The molecule has 1 atom stereocenters. The van der Waals surface area contributed by atoms with Gasteiger partial charge in [-0.1, -0.05) is 12.1 Å². The van der Waals surface area contributed by atoms with Crippen LogP contribution in [-0.4, -0.2) is 15.2 Å². The largest absolute Gasteiger partial charge is 0.234 e. The lowest BCUT2D eigenvalue weighted by Gasteiger charge is -2.12. The standard InChI is InChI=1S/C11H14FNOS/c1-11(2,3)15(14)13-8-9-4-6-10(12)7-5-9/h4-8H,1-3H3/t15-/m0/s1. The Hall–Kier alpha value is -1.03. The van der Waals surface area contributed by atoms with Crippen molar-refractivity contribution >= 4 is 17.2 Å². The van der Waals surface area contributed by atoms with Crippen LogP contribution in [0.15, 0.2) is 28.7 Å². The number of hydrogen-bond acceptors (Lipinski definition) is 1. The van der Waals surface area contributed by atoms with Crippen molar-refractivity contribution < 1.29 is 8.60 Å². The zero-order valence-electron chi connectivity index (χ0n) is 9.03. The highest BCUT2D eigenvalue weighted by molar-refractivity contribution is 7.85. The fourth-order valence-electron chi connectivity index (χ4n) is 0.816. The van der Waals surface area contributed by atoms with Gasteiger partial charge in [0.05, 0.1) is 4.75 Å². The Kier molecular flexibility index (Phi) is 3.74. The second-order valence-electron chi connectivity index (χ2n) is 4.15. The number of rotatable bonds is 2. The van der Waals surface area contributed by atoms with E-state index in [9.17, 15) is 8.60 Å². The Morgan fingerprint density at radius 1 is 1.27 bits per heavy atom. The Morgan fingerprint density at radius 3 is 2.27 bits per heavy atom. The monoisotopic (exact) mass is 227 g/mol. The minimum Gasteiger partial charge on any atom is -0.234 e. The summed E-state index contributed by atoms with van der Waals surface area (Å²) in [6.45, 7) is 5.56. The van der Waals surface area contributed by atoms with Gasteiger partial charge < -0.3 is 0 Å². The first kappa shape index (κ1) is 12.0. The van der Waals surface area contributed by atoms with Crippen molar-refractivity contribution in [1.29, 1.82) is 0 Å². The highest BCUT2D eigenvalue weighted by Crippen LogP contribution is 2.12. The number of nitrogens with zero attached hydrogens (tertiary/aromatic N) is 1. The highest BCUT2D eigenvalue weighted by Gasteiger charge is 2.17. The normalized spacial score (nSPS) is 14.4. The molecule has 0 saturated carbocycles. The number of benzene rings is 1. The van der Waals surface area contributed by atoms with Gasteiger partial charge in [0.15, 0.2) is 0 Å². The molecular weight excluding hydrogens is 213 g/mol. The third kappa shape index (κ3) is 3.91. The van der Waals surface area contributed by atoms with E-state index in [1.54, 1.807) is 12.1 Å². The maximum atomic E-state index is 12.6. The van der Waals surface area contributed by atoms with Gasteiger partial charge in [-0.15, -0.1) is 0 Å². The molecule has 1 aromatic carbocycles. The third-order valence-electron chi connectivity index (χ3n) is 1.69. The van der Waals surface area contributed by atoms with Crippen LogP contribution in [0.5, 0.6) is 0 Å².